The maximum absolute atomic E-state index is 5.84. The lowest BCUT2D eigenvalue weighted by molar-refractivity contribution is 0.244. The lowest BCUT2D eigenvalue weighted by Crippen LogP contribution is -2.09. The molecule has 2 N–H and O–H groups in total. The number of anilines is 3. The zero-order chi connectivity index (χ0) is 18.4. The van der Waals surface area contributed by atoms with Crippen LogP contribution in [0.25, 0.3) is 0 Å². The van der Waals surface area contributed by atoms with Gasteiger partial charge < -0.3 is 15.4 Å². The summed E-state index contributed by atoms with van der Waals surface area (Å²) in [6.45, 7) is 6.59. The summed E-state index contributed by atoms with van der Waals surface area (Å²) < 4.78 is 5.84. The van der Waals surface area contributed by atoms with Crippen LogP contribution in [0.4, 0.5) is 17.5 Å². The summed E-state index contributed by atoms with van der Waals surface area (Å²) in [6.07, 6.45) is 3.68. The van der Waals surface area contributed by atoms with E-state index in [0.717, 1.165) is 28.5 Å². The number of aromatic nitrogens is 3. The highest BCUT2D eigenvalue weighted by molar-refractivity contribution is 5.63. The van der Waals surface area contributed by atoms with Crippen LogP contribution in [0.3, 0.4) is 0 Å². The Morgan fingerprint density at radius 2 is 1.92 bits per heavy atom. The fourth-order valence-corrected chi connectivity index (χ4v) is 2.46. The summed E-state index contributed by atoms with van der Waals surface area (Å²) in [5.74, 6) is 2.06. The van der Waals surface area contributed by atoms with Crippen LogP contribution in [0.15, 0.2) is 54.9 Å². The largest absolute Gasteiger partial charge is 0.489 e. The van der Waals surface area contributed by atoms with E-state index < -0.39 is 0 Å². The standard InChI is InChI=1S/C20H23N5O/c1-14(2)26-18-9-5-4-8-17(18)24-20-23-15(3)11-19(25-20)22-13-16-7-6-10-21-12-16/h4-12,14H,13H2,1-3H3,(H2,22,23,24,25). The molecule has 2 heterocycles. The van der Waals surface area contributed by atoms with Crippen molar-refractivity contribution in [3.8, 4) is 5.75 Å². The first-order valence-electron chi connectivity index (χ1n) is 8.61. The van der Waals surface area contributed by atoms with E-state index in [4.69, 9.17) is 4.74 Å². The van der Waals surface area contributed by atoms with Crippen molar-refractivity contribution in [2.24, 2.45) is 0 Å². The molecule has 0 atom stereocenters. The second-order valence-electron chi connectivity index (χ2n) is 6.22. The molecule has 0 amide bonds. The highest BCUT2D eigenvalue weighted by atomic mass is 16.5. The molecule has 0 spiro atoms. The van der Waals surface area contributed by atoms with Crippen LogP contribution in [-0.2, 0) is 6.54 Å². The van der Waals surface area contributed by atoms with Crippen molar-refractivity contribution >= 4 is 17.5 Å². The first-order valence-corrected chi connectivity index (χ1v) is 8.61. The molecule has 2 aromatic heterocycles. The van der Waals surface area contributed by atoms with Crippen LogP contribution >= 0.6 is 0 Å². The number of benzene rings is 1. The molecule has 6 nitrogen and oxygen atoms in total. The van der Waals surface area contributed by atoms with Gasteiger partial charge in [-0.05, 0) is 44.5 Å². The molecular weight excluding hydrogens is 326 g/mol. The monoisotopic (exact) mass is 349 g/mol. The molecule has 0 aliphatic heterocycles. The highest BCUT2D eigenvalue weighted by Gasteiger charge is 2.08. The van der Waals surface area contributed by atoms with Crippen molar-refractivity contribution in [2.45, 2.75) is 33.4 Å². The summed E-state index contributed by atoms with van der Waals surface area (Å²) in [5, 5.41) is 6.57. The Kier molecular flexibility index (Phi) is 5.63. The third kappa shape index (κ3) is 4.92. The quantitative estimate of drug-likeness (QED) is 0.662. The fraction of sp³-hybridized carbons (Fsp3) is 0.250. The van der Waals surface area contributed by atoms with Crippen molar-refractivity contribution in [1.82, 2.24) is 15.0 Å². The first kappa shape index (κ1) is 17.7. The van der Waals surface area contributed by atoms with E-state index >= 15 is 0 Å². The van der Waals surface area contributed by atoms with Crippen molar-refractivity contribution in [1.29, 1.82) is 0 Å². The van der Waals surface area contributed by atoms with Gasteiger partial charge in [-0.15, -0.1) is 0 Å². The molecule has 26 heavy (non-hydrogen) atoms. The van der Waals surface area contributed by atoms with Crippen molar-refractivity contribution in [2.75, 3.05) is 10.6 Å². The van der Waals surface area contributed by atoms with Gasteiger partial charge in [0.15, 0.2) is 0 Å². The van der Waals surface area contributed by atoms with Gasteiger partial charge in [-0.25, -0.2) is 4.98 Å². The number of nitrogens with one attached hydrogen (secondary N) is 2. The van der Waals surface area contributed by atoms with E-state index in [-0.39, 0.29) is 6.10 Å². The SMILES string of the molecule is Cc1cc(NCc2cccnc2)nc(Nc2ccccc2OC(C)C)n1. The third-order valence-electron chi connectivity index (χ3n) is 3.55. The Hall–Kier alpha value is -3.15. The van der Waals surface area contributed by atoms with Crippen LogP contribution in [0, 0.1) is 6.92 Å². The second kappa shape index (κ2) is 8.29. The zero-order valence-corrected chi connectivity index (χ0v) is 15.2. The van der Waals surface area contributed by atoms with Crippen LogP contribution in [-0.4, -0.2) is 21.1 Å². The minimum atomic E-state index is 0.0908. The molecular formula is C20H23N5O. The summed E-state index contributed by atoms with van der Waals surface area (Å²) in [6, 6.07) is 13.6. The molecule has 1 aromatic carbocycles. The molecule has 0 bridgehead atoms. The molecule has 0 saturated heterocycles. The number of ether oxygens (including phenoxy) is 1. The fourth-order valence-electron chi connectivity index (χ4n) is 2.46. The number of para-hydroxylation sites is 2. The van der Waals surface area contributed by atoms with E-state index in [1.165, 1.54) is 0 Å². The Bertz CT molecular complexity index is 852. The maximum atomic E-state index is 5.84. The average Bonchev–Trinajstić information content (AvgIpc) is 2.62. The van der Waals surface area contributed by atoms with Crippen molar-refractivity contribution in [3.63, 3.8) is 0 Å². The number of nitrogens with zero attached hydrogens (tertiary/aromatic N) is 3. The van der Waals surface area contributed by atoms with Gasteiger partial charge >= 0.3 is 0 Å². The van der Waals surface area contributed by atoms with E-state index in [9.17, 15) is 0 Å². The topological polar surface area (TPSA) is 72.0 Å². The maximum Gasteiger partial charge on any atom is 0.229 e. The van der Waals surface area contributed by atoms with Gasteiger partial charge in [0.1, 0.15) is 11.6 Å². The van der Waals surface area contributed by atoms with Crippen LogP contribution in [0.1, 0.15) is 25.1 Å². The highest BCUT2D eigenvalue weighted by Crippen LogP contribution is 2.27. The van der Waals surface area contributed by atoms with E-state index in [2.05, 4.69) is 25.6 Å². The van der Waals surface area contributed by atoms with Gasteiger partial charge in [-0.3, -0.25) is 4.98 Å². The lowest BCUT2D eigenvalue weighted by Gasteiger charge is -2.15. The molecule has 0 fully saturated rings. The molecule has 0 saturated carbocycles. The minimum absolute atomic E-state index is 0.0908. The minimum Gasteiger partial charge on any atom is -0.489 e. The van der Waals surface area contributed by atoms with Crippen LogP contribution < -0.4 is 15.4 Å². The normalized spacial score (nSPS) is 10.6. The number of pyridine rings is 1. The Labute approximate surface area is 153 Å². The van der Waals surface area contributed by atoms with Gasteiger partial charge in [-0.2, -0.15) is 4.98 Å². The number of hydrogen-bond donors (Lipinski definition) is 2. The van der Waals surface area contributed by atoms with E-state index in [1.54, 1.807) is 6.20 Å². The smallest absolute Gasteiger partial charge is 0.229 e. The number of aryl methyl sites for hydroxylation is 1. The molecule has 0 aliphatic rings. The molecule has 0 unspecified atom stereocenters. The molecule has 0 radical (unpaired) electrons. The van der Waals surface area contributed by atoms with E-state index in [1.807, 2.05) is 69.4 Å². The summed E-state index contributed by atoms with van der Waals surface area (Å²) in [4.78, 5) is 13.2. The Morgan fingerprint density at radius 1 is 1.08 bits per heavy atom. The predicted octanol–water partition coefficient (Wildman–Crippen LogP) is 4.32. The summed E-state index contributed by atoms with van der Waals surface area (Å²) >= 11 is 0. The molecule has 134 valence electrons. The van der Waals surface area contributed by atoms with Crippen molar-refractivity contribution < 1.29 is 4.74 Å². The predicted molar refractivity (Wildman–Crippen MR) is 104 cm³/mol. The van der Waals surface area contributed by atoms with Gasteiger partial charge in [0.25, 0.3) is 0 Å². The molecule has 0 aliphatic carbocycles. The second-order valence-corrected chi connectivity index (χ2v) is 6.22. The zero-order valence-electron chi connectivity index (χ0n) is 15.2. The van der Waals surface area contributed by atoms with Gasteiger partial charge in [0.05, 0.1) is 11.8 Å². The third-order valence-corrected chi connectivity index (χ3v) is 3.55. The lowest BCUT2D eigenvalue weighted by atomic mass is 10.3. The first-order chi connectivity index (χ1) is 12.6. The molecule has 3 rings (SSSR count). The van der Waals surface area contributed by atoms with Crippen LogP contribution in [0.2, 0.25) is 0 Å². The Balaban J connectivity index is 1.76. The van der Waals surface area contributed by atoms with Gasteiger partial charge in [0.2, 0.25) is 5.95 Å². The van der Waals surface area contributed by atoms with Gasteiger partial charge in [0, 0.05) is 30.7 Å². The van der Waals surface area contributed by atoms with Crippen molar-refractivity contribution in [3.05, 3.63) is 66.1 Å². The van der Waals surface area contributed by atoms with Gasteiger partial charge in [-0.1, -0.05) is 18.2 Å². The number of hydrogen-bond acceptors (Lipinski definition) is 6. The van der Waals surface area contributed by atoms with E-state index in [0.29, 0.717) is 12.5 Å². The Morgan fingerprint density at radius 3 is 2.69 bits per heavy atom. The summed E-state index contributed by atoms with van der Waals surface area (Å²) in [5.41, 5.74) is 2.80. The number of rotatable bonds is 7. The molecule has 3 aromatic rings. The molecule has 6 heteroatoms. The van der Waals surface area contributed by atoms with Crippen LogP contribution in [0.5, 0.6) is 5.75 Å². The summed E-state index contributed by atoms with van der Waals surface area (Å²) in [7, 11) is 0. The average molecular weight is 349 g/mol.